The minimum Gasteiger partial charge on any atom is -0.317 e. The molecule has 2 rings (SSSR count). The van der Waals surface area contributed by atoms with Crippen molar-refractivity contribution in [2.45, 2.75) is 25.8 Å². The van der Waals surface area contributed by atoms with Crippen LogP contribution in [0.5, 0.6) is 0 Å². The summed E-state index contributed by atoms with van der Waals surface area (Å²) >= 11 is 0. The molecule has 2 nitrogen and oxygen atoms in total. The van der Waals surface area contributed by atoms with E-state index in [2.05, 4.69) is 17.3 Å². The molecule has 1 aromatic carbocycles. The molecule has 1 aliphatic rings. The standard InChI is InChI=1S/C15H23FN2.ClH/c1-18(11-8-13-6-9-17-10-7-13)12-14-4-2-3-5-15(14)16;/h2-5,13,17H,6-12H2,1H3;1H. The van der Waals surface area contributed by atoms with E-state index in [0.717, 1.165) is 31.1 Å². The van der Waals surface area contributed by atoms with Gasteiger partial charge in [0.1, 0.15) is 5.82 Å². The van der Waals surface area contributed by atoms with Crippen LogP contribution < -0.4 is 5.32 Å². The highest BCUT2D eigenvalue weighted by atomic mass is 35.5. The van der Waals surface area contributed by atoms with Gasteiger partial charge in [0.15, 0.2) is 0 Å². The van der Waals surface area contributed by atoms with E-state index in [-0.39, 0.29) is 18.2 Å². The lowest BCUT2D eigenvalue weighted by Gasteiger charge is -2.25. The molecule has 108 valence electrons. The molecule has 0 saturated carbocycles. The lowest BCUT2D eigenvalue weighted by Crippen LogP contribution is -2.30. The van der Waals surface area contributed by atoms with E-state index in [1.165, 1.54) is 25.3 Å². The molecule has 4 heteroatoms. The molecule has 1 heterocycles. The highest BCUT2D eigenvalue weighted by Crippen LogP contribution is 2.17. The molecule has 1 saturated heterocycles. The quantitative estimate of drug-likeness (QED) is 0.895. The van der Waals surface area contributed by atoms with Gasteiger partial charge >= 0.3 is 0 Å². The van der Waals surface area contributed by atoms with E-state index in [1.807, 2.05) is 12.1 Å². The van der Waals surface area contributed by atoms with Crippen molar-refractivity contribution in [2.24, 2.45) is 5.92 Å². The van der Waals surface area contributed by atoms with Gasteiger partial charge in [-0.1, -0.05) is 18.2 Å². The maximum absolute atomic E-state index is 13.5. The monoisotopic (exact) mass is 286 g/mol. The predicted octanol–water partition coefficient (Wildman–Crippen LogP) is 3.07. The summed E-state index contributed by atoms with van der Waals surface area (Å²) in [6.45, 7) is 4.07. The first-order valence-electron chi connectivity index (χ1n) is 6.88. The average Bonchev–Trinajstić information content (AvgIpc) is 2.40. The van der Waals surface area contributed by atoms with Crippen molar-refractivity contribution in [3.05, 3.63) is 35.6 Å². The Labute approximate surface area is 121 Å². The van der Waals surface area contributed by atoms with E-state index >= 15 is 0 Å². The minimum absolute atomic E-state index is 0. The summed E-state index contributed by atoms with van der Waals surface area (Å²) in [4.78, 5) is 2.22. The highest BCUT2D eigenvalue weighted by Gasteiger charge is 2.13. The summed E-state index contributed by atoms with van der Waals surface area (Å²) in [5.41, 5.74) is 0.797. The average molecular weight is 287 g/mol. The molecule has 0 atom stereocenters. The minimum atomic E-state index is -0.0915. The molecule has 0 aliphatic carbocycles. The summed E-state index contributed by atoms with van der Waals surface area (Å²) in [7, 11) is 2.08. The SMILES string of the molecule is CN(CCC1CCNCC1)Cc1ccccc1F.Cl. The van der Waals surface area contributed by atoms with Gasteiger partial charge in [0.25, 0.3) is 0 Å². The van der Waals surface area contributed by atoms with Crippen LogP contribution in [0.3, 0.4) is 0 Å². The van der Waals surface area contributed by atoms with Crippen LogP contribution in [0.25, 0.3) is 0 Å². The molecule has 1 aromatic rings. The van der Waals surface area contributed by atoms with Gasteiger partial charge < -0.3 is 10.2 Å². The fraction of sp³-hybridized carbons (Fsp3) is 0.600. The van der Waals surface area contributed by atoms with Crippen LogP contribution in [0.1, 0.15) is 24.8 Å². The van der Waals surface area contributed by atoms with Crippen LogP contribution in [0.2, 0.25) is 0 Å². The lowest BCUT2D eigenvalue weighted by atomic mass is 9.94. The van der Waals surface area contributed by atoms with Crippen molar-refractivity contribution in [2.75, 3.05) is 26.7 Å². The van der Waals surface area contributed by atoms with E-state index in [1.54, 1.807) is 6.07 Å². The number of nitrogens with one attached hydrogen (secondary N) is 1. The number of halogens is 2. The molecule has 1 aliphatic heterocycles. The smallest absolute Gasteiger partial charge is 0.127 e. The van der Waals surface area contributed by atoms with Crippen LogP contribution in [-0.4, -0.2) is 31.6 Å². The molecule has 0 unspecified atom stereocenters. The summed E-state index contributed by atoms with van der Waals surface area (Å²) in [6, 6.07) is 7.05. The second-order valence-electron chi connectivity index (χ2n) is 5.31. The highest BCUT2D eigenvalue weighted by molar-refractivity contribution is 5.85. The van der Waals surface area contributed by atoms with E-state index in [4.69, 9.17) is 0 Å². The van der Waals surface area contributed by atoms with E-state index in [0.29, 0.717) is 6.54 Å². The third kappa shape index (κ3) is 5.47. The summed E-state index contributed by atoms with van der Waals surface area (Å²) in [6.07, 6.45) is 3.80. The Morgan fingerprint density at radius 2 is 1.95 bits per heavy atom. The third-order valence-corrected chi connectivity index (χ3v) is 3.78. The fourth-order valence-corrected chi connectivity index (χ4v) is 2.57. The largest absolute Gasteiger partial charge is 0.317 e. The molecular weight excluding hydrogens is 263 g/mol. The number of nitrogens with zero attached hydrogens (tertiary/aromatic N) is 1. The Bertz CT molecular complexity index is 367. The maximum atomic E-state index is 13.5. The van der Waals surface area contributed by atoms with Crippen LogP contribution >= 0.6 is 12.4 Å². The molecule has 1 fully saturated rings. The van der Waals surface area contributed by atoms with Crippen molar-refractivity contribution in [3.8, 4) is 0 Å². The Hall–Kier alpha value is -0.640. The van der Waals surface area contributed by atoms with Crippen LogP contribution in [0, 0.1) is 11.7 Å². The molecule has 0 spiro atoms. The van der Waals surface area contributed by atoms with Gasteiger partial charge in [0.05, 0.1) is 0 Å². The van der Waals surface area contributed by atoms with Gasteiger partial charge in [0, 0.05) is 12.1 Å². The summed E-state index contributed by atoms with van der Waals surface area (Å²) in [5, 5.41) is 3.39. The molecule has 0 amide bonds. The molecule has 1 N–H and O–H groups in total. The van der Waals surface area contributed by atoms with Crippen LogP contribution in [0.4, 0.5) is 4.39 Å². The van der Waals surface area contributed by atoms with Crippen molar-refractivity contribution in [1.82, 2.24) is 10.2 Å². The topological polar surface area (TPSA) is 15.3 Å². The van der Waals surface area contributed by atoms with Crippen molar-refractivity contribution in [3.63, 3.8) is 0 Å². The molecule has 0 radical (unpaired) electrons. The van der Waals surface area contributed by atoms with E-state index < -0.39 is 0 Å². The van der Waals surface area contributed by atoms with Gasteiger partial charge in [-0.2, -0.15) is 0 Å². The van der Waals surface area contributed by atoms with Crippen molar-refractivity contribution < 1.29 is 4.39 Å². The zero-order valence-electron chi connectivity index (χ0n) is 11.6. The van der Waals surface area contributed by atoms with Gasteiger partial charge in [-0.15, -0.1) is 12.4 Å². The van der Waals surface area contributed by atoms with Crippen molar-refractivity contribution in [1.29, 1.82) is 0 Å². The third-order valence-electron chi connectivity index (χ3n) is 3.78. The van der Waals surface area contributed by atoms with Gasteiger partial charge in [-0.25, -0.2) is 4.39 Å². The normalized spacial score (nSPS) is 16.4. The molecule has 19 heavy (non-hydrogen) atoms. The second-order valence-corrected chi connectivity index (χ2v) is 5.31. The van der Waals surface area contributed by atoms with Crippen LogP contribution in [0.15, 0.2) is 24.3 Å². The first-order chi connectivity index (χ1) is 8.75. The number of piperidine rings is 1. The summed E-state index contributed by atoms with van der Waals surface area (Å²) < 4.78 is 13.5. The fourth-order valence-electron chi connectivity index (χ4n) is 2.57. The van der Waals surface area contributed by atoms with Crippen LogP contribution in [-0.2, 0) is 6.54 Å². The Morgan fingerprint density at radius 1 is 1.26 bits per heavy atom. The molecule has 0 bridgehead atoms. The zero-order valence-corrected chi connectivity index (χ0v) is 12.4. The second kappa shape index (κ2) is 8.51. The van der Waals surface area contributed by atoms with Gasteiger partial charge in [-0.3, -0.25) is 0 Å². The number of hydrogen-bond acceptors (Lipinski definition) is 2. The number of benzene rings is 1. The predicted molar refractivity (Wildman–Crippen MR) is 80.2 cm³/mol. The lowest BCUT2D eigenvalue weighted by molar-refractivity contribution is 0.263. The van der Waals surface area contributed by atoms with E-state index in [9.17, 15) is 4.39 Å². The van der Waals surface area contributed by atoms with Gasteiger partial charge in [0.2, 0.25) is 0 Å². The Balaban J connectivity index is 0.00000180. The number of hydrogen-bond donors (Lipinski definition) is 1. The van der Waals surface area contributed by atoms with Crippen molar-refractivity contribution >= 4 is 12.4 Å². The first kappa shape index (κ1) is 16.4. The number of rotatable bonds is 5. The molecular formula is C15H24ClFN2. The Kier molecular flexibility index (Phi) is 7.36. The zero-order chi connectivity index (χ0) is 12.8. The first-order valence-corrected chi connectivity index (χ1v) is 6.88. The summed E-state index contributed by atoms with van der Waals surface area (Å²) in [5.74, 6) is 0.750. The molecule has 0 aromatic heterocycles. The Morgan fingerprint density at radius 3 is 2.63 bits per heavy atom. The maximum Gasteiger partial charge on any atom is 0.127 e. The van der Waals surface area contributed by atoms with Gasteiger partial charge in [-0.05, 0) is 57.9 Å².